The number of hydrogen-bond acceptors (Lipinski definition) is 7. The molecule has 0 saturated carbocycles. The average Bonchev–Trinajstić information content (AvgIpc) is 2.87. The highest BCUT2D eigenvalue weighted by molar-refractivity contribution is 7.89. The topological polar surface area (TPSA) is 138 Å². The Hall–Kier alpha value is -3.99. The molecule has 1 aliphatic heterocycles. The number of hydrogen-bond donors (Lipinski definition) is 1. The second-order valence-corrected chi connectivity index (χ2v) is 10.7. The fourth-order valence-corrected chi connectivity index (χ4v) is 5.41. The zero-order valence-corrected chi connectivity index (χ0v) is 21.5. The second-order valence-electron chi connectivity index (χ2n) is 8.79. The summed E-state index contributed by atoms with van der Waals surface area (Å²) in [6.07, 6.45) is -1.76. The molecule has 10 nitrogen and oxygen atoms in total. The molecule has 2 aromatic carbocycles. The number of carbonyl (C=O) groups is 4. The summed E-state index contributed by atoms with van der Waals surface area (Å²) in [7, 11) is -4.77. The summed E-state index contributed by atoms with van der Waals surface area (Å²) in [5.41, 5.74) is 0. The van der Waals surface area contributed by atoms with Gasteiger partial charge in [0.15, 0.2) is 33.8 Å². The number of sulfonamides is 1. The monoisotopic (exact) mass is 610 g/mol. The highest BCUT2D eigenvalue weighted by Gasteiger charge is 2.37. The molecule has 1 fully saturated rings. The Labute approximate surface area is 228 Å². The lowest BCUT2D eigenvalue weighted by atomic mass is 9.94. The van der Waals surface area contributed by atoms with Gasteiger partial charge in [-0.25, -0.2) is 26.0 Å². The van der Waals surface area contributed by atoms with Crippen LogP contribution in [0.25, 0.3) is 0 Å². The summed E-state index contributed by atoms with van der Waals surface area (Å²) in [5, 5.41) is 9.09. The number of piperazine rings is 1. The average molecular weight is 610 g/mol. The Kier molecular flexibility index (Phi) is 9.75. The van der Waals surface area contributed by atoms with Gasteiger partial charge in [0.1, 0.15) is 18.2 Å². The van der Waals surface area contributed by atoms with Crippen LogP contribution < -0.4 is 4.74 Å². The summed E-state index contributed by atoms with van der Waals surface area (Å²) < 4.78 is 113. The molecule has 0 spiro atoms. The number of halogens is 6. The summed E-state index contributed by atoms with van der Waals surface area (Å²) in [4.78, 5) is 48.4. The van der Waals surface area contributed by atoms with Crippen molar-refractivity contribution in [1.82, 2.24) is 9.21 Å². The number of ether oxygens (including phenoxy) is 1. The van der Waals surface area contributed by atoms with Crippen molar-refractivity contribution in [1.29, 1.82) is 0 Å². The molecule has 222 valence electrons. The molecule has 41 heavy (non-hydrogen) atoms. The number of Topliss-reactive ketones (excluding diaryl/α,β-unsaturated/α-hetero) is 2. The van der Waals surface area contributed by atoms with E-state index in [1.54, 1.807) is 0 Å². The first kappa shape index (κ1) is 31.5. The number of carboxylic acids is 1. The third kappa shape index (κ3) is 7.21. The van der Waals surface area contributed by atoms with Gasteiger partial charge in [0.05, 0.1) is 19.5 Å². The predicted molar refractivity (Wildman–Crippen MR) is 124 cm³/mol. The maximum Gasteiger partial charge on any atom is 0.304 e. The van der Waals surface area contributed by atoms with Crippen molar-refractivity contribution in [2.75, 3.05) is 32.8 Å². The van der Waals surface area contributed by atoms with E-state index >= 15 is 0 Å². The molecule has 0 bridgehead atoms. The molecule has 0 radical (unpaired) electrons. The van der Waals surface area contributed by atoms with Gasteiger partial charge in [-0.2, -0.15) is 13.1 Å². The maximum absolute atomic E-state index is 14.0. The molecule has 2 aromatic rings. The number of benzene rings is 2. The number of aliphatic carboxylic acids is 1. The van der Waals surface area contributed by atoms with Gasteiger partial charge in [0.2, 0.25) is 27.6 Å². The summed E-state index contributed by atoms with van der Waals surface area (Å²) in [6, 6.07) is 2.29. The standard InChI is InChI=1S/C24H20F6N2O8S/c25-14-2-1-3-15(26)24(14)41(38,39)32-5-4-31(19(35)10-32)9-13(33)6-12(7-20(36)37)18(34)11-40-23-21(29)16(27)8-17(28)22(23)30/h1-3,8,12H,4-7,9-11H2,(H,36,37)/t12-/m0/s1. The highest BCUT2D eigenvalue weighted by Crippen LogP contribution is 2.27. The van der Waals surface area contributed by atoms with Crippen LogP contribution in [0.15, 0.2) is 29.2 Å². The van der Waals surface area contributed by atoms with E-state index in [4.69, 9.17) is 5.11 Å². The van der Waals surface area contributed by atoms with E-state index in [9.17, 15) is 53.9 Å². The van der Waals surface area contributed by atoms with E-state index in [1.165, 1.54) is 0 Å². The van der Waals surface area contributed by atoms with Gasteiger partial charge in [-0.05, 0) is 12.1 Å². The molecular weight excluding hydrogens is 590 g/mol. The lowest BCUT2D eigenvalue weighted by molar-refractivity contribution is -0.143. The number of carbonyl (C=O) groups excluding carboxylic acids is 3. The minimum Gasteiger partial charge on any atom is -0.481 e. The quantitative estimate of drug-likeness (QED) is 0.285. The van der Waals surface area contributed by atoms with Crippen molar-refractivity contribution in [3.8, 4) is 5.75 Å². The van der Waals surface area contributed by atoms with Crippen molar-refractivity contribution in [3.05, 3.63) is 59.2 Å². The molecule has 1 atom stereocenters. The molecule has 1 saturated heterocycles. The molecule has 17 heteroatoms. The van der Waals surface area contributed by atoms with E-state index in [1.807, 2.05) is 0 Å². The highest BCUT2D eigenvalue weighted by atomic mass is 32.2. The number of amides is 1. The zero-order valence-electron chi connectivity index (χ0n) is 20.7. The Bertz CT molecular complexity index is 1460. The van der Waals surface area contributed by atoms with Crippen molar-refractivity contribution in [3.63, 3.8) is 0 Å². The molecular formula is C24H20F6N2O8S. The SMILES string of the molecule is O=C(O)C[C@H](CC(=O)CN1CCN(S(=O)(=O)c2c(F)cccc2F)CC1=O)C(=O)COc1c(F)c(F)cc(F)c1F. The second kappa shape index (κ2) is 12.7. The van der Waals surface area contributed by atoms with Crippen molar-refractivity contribution >= 4 is 33.5 Å². The minimum atomic E-state index is -4.77. The lowest BCUT2D eigenvalue weighted by Gasteiger charge is -2.33. The molecule has 3 rings (SSSR count). The maximum atomic E-state index is 14.0. The third-order valence-corrected chi connectivity index (χ3v) is 7.85. The van der Waals surface area contributed by atoms with Crippen molar-refractivity contribution in [2.45, 2.75) is 17.7 Å². The zero-order chi connectivity index (χ0) is 30.6. The van der Waals surface area contributed by atoms with Crippen LogP contribution in [0.3, 0.4) is 0 Å². The van der Waals surface area contributed by atoms with Crippen LogP contribution in [-0.4, -0.2) is 79.0 Å². The molecule has 0 aromatic heterocycles. The Morgan fingerprint density at radius 2 is 1.51 bits per heavy atom. The lowest BCUT2D eigenvalue weighted by Crippen LogP contribution is -2.53. The van der Waals surface area contributed by atoms with Gasteiger partial charge in [0, 0.05) is 31.5 Å². The number of nitrogens with zero attached hydrogens (tertiary/aromatic N) is 2. The first-order valence-corrected chi connectivity index (χ1v) is 13.0. The molecule has 1 heterocycles. The van der Waals surface area contributed by atoms with E-state index in [0.29, 0.717) is 4.31 Å². The Morgan fingerprint density at radius 1 is 0.927 bits per heavy atom. The van der Waals surface area contributed by atoms with Gasteiger partial charge < -0.3 is 14.7 Å². The van der Waals surface area contributed by atoms with Crippen LogP contribution >= 0.6 is 0 Å². The van der Waals surface area contributed by atoms with E-state index in [-0.39, 0.29) is 6.07 Å². The first-order chi connectivity index (χ1) is 19.1. The summed E-state index contributed by atoms with van der Waals surface area (Å²) in [5.74, 6) is -18.0. The first-order valence-electron chi connectivity index (χ1n) is 11.6. The molecule has 0 unspecified atom stereocenters. The summed E-state index contributed by atoms with van der Waals surface area (Å²) in [6.45, 7) is -3.70. The smallest absolute Gasteiger partial charge is 0.304 e. The predicted octanol–water partition coefficient (Wildman–Crippen LogP) is 2.05. The normalized spacial score (nSPS) is 15.1. The Balaban J connectivity index is 1.64. The fourth-order valence-electron chi connectivity index (χ4n) is 3.92. The van der Waals surface area contributed by atoms with Crippen molar-refractivity contribution < 1.29 is 63.8 Å². The van der Waals surface area contributed by atoms with Crippen LogP contribution in [0.4, 0.5) is 26.3 Å². The van der Waals surface area contributed by atoms with E-state index < -0.39 is 131 Å². The fraction of sp³-hybridized carbons (Fsp3) is 0.333. The molecule has 1 N–H and O–H groups in total. The van der Waals surface area contributed by atoms with Crippen LogP contribution in [0.5, 0.6) is 5.75 Å². The van der Waals surface area contributed by atoms with Crippen molar-refractivity contribution in [2.24, 2.45) is 5.92 Å². The van der Waals surface area contributed by atoms with Crippen LogP contribution in [0, 0.1) is 40.8 Å². The van der Waals surface area contributed by atoms with E-state index in [0.717, 1.165) is 23.1 Å². The molecule has 1 aliphatic rings. The largest absolute Gasteiger partial charge is 0.481 e. The van der Waals surface area contributed by atoms with Crippen LogP contribution in [0.2, 0.25) is 0 Å². The third-order valence-electron chi connectivity index (χ3n) is 5.95. The molecule has 0 aliphatic carbocycles. The number of carboxylic acid groups (broad SMARTS) is 1. The van der Waals surface area contributed by atoms with Gasteiger partial charge in [0.25, 0.3) is 0 Å². The van der Waals surface area contributed by atoms with Gasteiger partial charge in [-0.15, -0.1) is 0 Å². The van der Waals surface area contributed by atoms with Gasteiger partial charge in [-0.1, -0.05) is 6.07 Å². The van der Waals surface area contributed by atoms with Gasteiger partial charge >= 0.3 is 5.97 Å². The Morgan fingerprint density at radius 3 is 2.05 bits per heavy atom. The van der Waals surface area contributed by atoms with Crippen LogP contribution in [0.1, 0.15) is 12.8 Å². The molecule has 1 amide bonds. The van der Waals surface area contributed by atoms with E-state index in [2.05, 4.69) is 4.74 Å². The summed E-state index contributed by atoms with van der Waals surface area (Å²) >= 11 is 0. The van der Waals surface area contributed by atoms with Crippen LogP contribution in [-0.2, 0) is 29.2 Å². The number of ketones is 2. The van der Waals surface area contributed by atoms with Gasteiger partial charge in [-0.3, -0.25) is 19.2 Å². The number of rotatable bonds is 12. The minimum absolute atomic E-state index is 0.0972.